The average Bonchev–Trinajstić information content (AvgIpc) is 3.33. The van der Waals surface area contributed by atoms with Crippen molar-refractivity contribution in [3.05, 3.63) is 60.8 Å². The Labute approximate surface area is 415 Å². The van der Waals surface area contributed by atoms with Gasteiger partial charge >= 0.3 is 17.9 Å². The maximum absolute atomic E-state index is 12.8. The van der Waals surface area contributed by atoms with Crippen LogP contribution < -0.4 is 0 Å². The summed E-state index contributed by atoms with van der Waals surface area (Å²) >= 11 is 0. The van der Waals surface area contributed by atoms with Crippen LogP contribution in [-0.4, -0.2) is 37.2 Å². The highest BCUT2D eigenvalue weighted by Crippen LogP contribution is 2.15. The molecular formula is C61H108O6. The van der Waals surface area contributed by atoms with Gasteiger partial charge in [0.25, 0.3) is 0 Å². The van der Waals surface area contributed by atoms with Crippen molar-refractivity contribution in [3.8, 4) is 0 Å². The molecule has 0 saturated carbocycles. The number of carbonyl (C=O) groups excluding carboxylic acids is 3. The number of hydrogen-bond donors (Lipinski definition) is 0. The number of hydrogen-bond acceptors (Lipinski definition) is 6. The highest BCUT2D eigenvalue weighted by molar-refractivity contribution is 5.71. The third-order valence-electron chi connectivity index (χ3n) is 12.5. The lowest BCUT2D eigenvalue weighted by Crippen LogP contribution is -2.30. The van der Waals surface area contributed by atoms with Crippen molar-refractivity contribution in [1.82, 2.24) is 0 Å². The van der Waals surface area contributed by atoms with Gasteiger partial charge < -0.3 is 14.2 Å². The molecule has 1 atom stereocenters. The zero-order valence-corrected chi connectivity index (χ0v) is 44.4. The van der Waals surface area contributed by atoms with Crippen LogP contribution in [0.5, 0.6) is 0 Å². The number of allylic oxidation sites excluding steroid dienone is 10. The molecule has 0 bridgehead atoms. The summed E-state index contributed by atoms with van der Waals surface area (Å²) in [6, 6.07) is 0. The van der Waals surface area contributed by atoms with Crippen LogP contribution in [0.25, 0.3) is 0 Å². The van der Waals surface area contributed by atoms with Gasteiger partial charge in [0.15, 0.2) is 6.10 Å². The molecule has 0 unspecified atom stereocenters. The Morgan fingerprint density at radius 3 is 0.955 bits per heavy atom. The molecule has 0 fully saturated rings. The summed E-state index contributed by atoms with van der Waals surface area (Å²) in [5, 5.41) is 0. The fourth-order valence-corrected chi connectivity index (χ4v) is 8.08. The second-order valence-electron chi connectivity index (χ2n) is 19.2. The van der Waals surface area contributed by atoms with E-state index in [-0.39, 0.29) is 37.5 Å². The van der Waals surface area contributed by atoms with E-state index in [2.05, 4.69) is 81.5 Å². The largest absolute Gasteiger partial charge is 0.462 e. The van der Waals surface area contributed by atoms with Crippen LogP contribution in [0.1, 0.15) is 290 Å². The zero-order valence-electron chi connectivity index (χ0n) is 44.4. The Bertz CT molecular complexity index is 1210. The van der Waals surface area contributed by atoms with E-state index in [1.165, 1.54) is 173 Å². The van der Waals surface area contributed by atoms with Gasteiger partial charge in [0, 0.05) is 19.3 Å². The Kier molecular flexibility index (Phi) is 53.3. The minimum atomic E-state index is -0.798. The quantitative estimate of drug-likeness (QED) is 0.0262. The molecule has 388 valence electrons. The molecule has 0 aliphatic heterocycles. The first-order valence-corrected chi connectivity index (χ1v) is 28.8. The van der Waals surface area contributed by atoms with Crippen LogP contribution in [0.4, 0.5) is 0 Å². The molecule has 6 nitrogen and oxygen atoms in total. The highest BCUT2D eigenvalue weighted by Gasteiger charge is 2.19. The van der Waals surface area contributed by atoms with Crippen molar-refractivity contribution in [2.24, 2.45) is 0 Å². The van der Waals surface area contributed by atoms with E-state index in [9.17, 15) is 14.4 Å². The summed E-state index contributed by atoms with van der Waals surface area (Å²) in [4.78, 5) is 38.0. The molecule has 0 spiro atoms. The van der Waals surface area contributed by atoms with Crippen LogP contribution in [0.15, 0.2) is 60.8 Å². The molecule has 0 rings (SSSR count). The van der Waals surface area contributed by atoms with E-state index in [4.69, 9.17) is 14.2 Å². The van der Waals surface area contributed by atoms with Gasteiger partial charge in [-0.3, -0.25) is 14.4 Å². The van der Waals surface area contributed by atoms with Gasteiger partial charge in [-0.25, -0.2) is 0 Å². The van der Waals surface area contributed by atoms with Gasteiger partial charge in [-0.1, -0.05) is 236 Å². The minimum Gasteiger partial charge on any atom is -0.462 e. The Morgan fingerprint density at radius 1 is 0.299 bits per heavy atom. The molecule has 0 aromatic heterocycles. The summed E-state index contributed by atoms with van der Waals surface area (Å²) in [5.74, 6) is -0.950. The first-order chi connectivity index (χ1) is 33.0. The summed E-state index contributed by atoms with van der Waals surface area (Å²) < 4.78 is 16.8. The smallest absolute Gasteiger partial charge is 0.306 e. The second kappa shape index (κ2) is 55.7. The molecule has 67 heavy (non-hydrogen) atoms. The summed E-state index contributed by atoms with van der Waals surface area (Å²) in [6.45, 7) is 6.56. The molecule has 0 aromatic rings. The Hall–Kier alpha value is -2.89. The van der Waals surface area contributed by atoms with Crippen molar-refractivity contribution in [1.29, 1.82) is 0 Å². The van der Waals surface area contributed by atoms with Crippen LogP contribution in [0, 0.1) is 0 Å². The predicted octanol–water partition coefficient (Wildman–Crippen LogP) is 19.2. The molecule has 0 saturated heterocycles. The number of carbonyl (C=O) groups is 3. The zero-order chi connectivity index (χ0) is 48.6. The number of rotatable bonds is 52. The first-order valence-electron chi connectivity index (χ1n) is 28.8. The van der Waals surface area contributed by atoms with Crippen LogP contribution >= 0.6 is 0 Å². The van der Waals surface area contributed by atoms with Crippen molar-refractivity contribution in [2.45, 2.75) is 297 Å². The van der Waals surface area contributed by atoms with Gasteiger partial charge in [-0.15, -0.1) is 0 Å². The lowest BCUT2D eigenvalue weighted by Gasteiger charge is -2.18. The summed E-state index contributed by atoms with van der Waals surface area (Å²) in [6.07, 6.45) is 69.4. The van der Waals surface area contributed by atoms with Crippen LogP contribution in [-0.2, 0) is 28.6 Å². The van der Waals surface area contributed by atoms with E-state index < -0.39 is 6.10 Å². The van der Waals surface area contributed by atoms with E-state index >= 15 is 0 Å². The van der Waals surface area contributed by atoms with Gasteiger partial charge in [-0.2, -0.15) is 0 Å². The van der Waals surface area contributed by atoms with Crippen molar-refractivity contribution >= 4 is 17.9 Å². The van der Waals surface area contributed by atoms with Crippen molar-refractivity contribution in [3.63, 3.8) is 0 Å². The minimum absolute atomic E-state index is 0.0925. The molecule has 0 radical (unpaired) electrons. The monoisotopic (exact) mass is 937 g/mol. The highest BCUT2D eigenvalue weighted by atomic mass is 16.6. The summed E-state index contributed by atoms with van der Waals surface area (Å²) in [5.41, 5.74) is 0. The maximum atomic E-state index is 12.8. The van der Waals surface area contributed by atoms with Crippen LogP contribution in [0.2, 0.25) is 0 Å². The van der Waals surface area contributed by atoms with E-state index in [0.29, 0.717) is 19.3 Å². The lowest BCUT2D eigenvalue weighted by molar-refractivity contribution is -0.167. The molecule has 0 aliphatic carbocycles. The number of unbranched alkanes of at least 4 members (excludes halogenated alkanes) is 31. The van der Waals surface area contributed by atoms with Gasteiger partial charge in [0.2, 0.25) is 0 Å². The van der Waals surface area contributed by atoms with E-state index in [1.54, 1.807) is 0 Å². The van der Waals surface area contributed by atoms with Gasteiger partial charge in [0.05, 0.1) is 0 Å². The second-order valence-corrected chi connectivity index (χ2v) is 19.2. The molecule has 0 amide bonds. The van der Waals surface area contributed by atoms with Crippen LogP contribution in [0.3, 0.4) is 0 Å². The molecular weight excluding hydrogens is 829 g/mol. The molecule has 0 heterocycles. The third kappa shape index (κ3) is 53.9. The topological polar surface area (TPSA) is 78.9 Å². The fraction of sp³-hybridized carbons (Fsp3) is 0.787. The normalized spacial score (nSPS) is 12.5. The molecule has 6 heteroatoms. The first kappa shape index (κ1) is 64.1. The SMILES string of the molecule is CCCC/C=C\CCCCCCCC(=O)O[C@@H](COC(=O)CCC/C=C\C/C=C\C/C=C\CCCCCCCC)COC(=O)CCCCCCCCCCCCC/C=C\CCCCCCCC. The lowest BCUT2D eigenvalue weighted by atomic mass is 10.0. The van der Waals surface area contributed by atoms with E-state index in [1.807, 2.05) is 0 Å². The maximum Gasteiger partial charge on any atom is 0.306 e. The predicted molar refractivity (Wildman–Crippen MR) is 288 cm³/mol. The Balaban J connectivity index is 4.34. The number of ether oxygens (including phenoxy) is 3. The summed E-state index contributed by atoms with van der Waals surface area (Å²) in [7, 11) is 0. The molecule has 0 aromatic carbocycles. The number of esters is 3. The van der Waals surface area contributed by atoms with Crippen molar-refractivity contribution < 1.29 is 28.6 Å². The molecule has 0 N–H and O–H groups in total. The van der Waals surface area contributed by atoms with E-state index in [0.717, 1.165) is 70.6 Å². The molecule has 0 aliphatic rings. The fourth-order valence-electron chi connectivity index (χ4n) is 8.08. The van der Waals surface area contributed by atoms with Crippen molar-refractivity contribution in [2.75, 3.05) is 13.2 Å². The standard InChI is InChI=1S/C61H108O6/c1-4-7-10-13-16-19-22-24-26-28-29-30-31-33-35-37-40-42-45-48-51-54-60(63)66-57-58(67-61(64)55-52-49-46-43-38-21-18-15-12-9-6-3)56-65-59(62)53-50-47-44-41-39-36-34-32-27-25-23-20-17-14-11-8-5-2/h15,18,24-27,34,36,41,44,58H,4-14,16-17,19-23,28-33,35,37-40,42-43,45-57H2,1-3H3/b18-15-,26-24-,27-25-,36-34-,44-41-/t58-/m0/s1. The Morgan fingerprint density at radius 2 is 0.567 bits per heavy atom. The van der Waals surface area contributed by atoms with Gasteiger partial charge in [-0.05, 0) is 96.3 Å². The third-order valence-corrected chi connectivity index (χ3v) is 12.5. The van der Waals surface area contributed by atoms with Gasteiger partial charge in [0.1, 0.15) is 13.2 Å². The average molecular weight is 938 g/mol.